The highest BCUT2D eigenvalue weighted by atomic mass is 35.5. The molecule has 0 spiro atoms. The first-order valence-corrected chi connectivity index (χ1v) is 8.96. The number of primary sulfonamides is 1. The topological polar surface area (TPSA) is 60.2 Å². The lowest BCUT2D eigenvalue weighted by Gasteiger charge is -2.11. The molecule has 3 nitrogen and oxygen atoms in total. The maximum Gasteiger partial charge on any atom is 0.238 e. The summed E-state index contributed by atoms with van der Waals surface area (Å²) in [6, 6.07) is 18.3. The normalized spacial score (nSPS) is 11.5. The third-order valence-corrected chi connectivity index (χ3v) is 4.89. The lowest BCUT2D eigenvalue weighted by molar-refractivity contribution is 0.598. The Balaban J connectivity index is 2.11. The van der Waals surface area contributed by atoms with Crippen molar-refractivity contribution in [2.75, 3.05) is 0 Å². The van der Waals surface area contributed by atoms with Gasteiger partial charge < -0.3 is 0 Å². The molecule has 0 heterocycles. The van der Waals surface area contributed by atoms with Gasteiger partial charge in [-0.2, -0.15) is 0 Å². The van der Waals surface area contributed by atoms with Crippen molar-refractivity contribution in [2.24, 2.45) is 5.14 Å². The van der Waals surface area contributed by atoms with E-state index in [9.17, 15) is 12.8 Å². The Hall–Kier alpha value is -2.21. The molecule has 0 saturated heterocycles. The first kappa shape index (κ1) is 16.6. The van der Waals surface area contributed by atoms with Gasteiger partial charge in [-0.05, 0) is 46.5 Å². The molecule has 0 saturated carbocycles. The Morgan fingerprint density at radius 3 is 1.92 bits per heavy atom. The fourth-order valence-corrected chi connectivity index (χ4v) is 3.11. The number of hydrogen-bond acceptors (Lipinski definition) is 2. The molecule has 3 aromatic carbocycles. The van der Waals surface area contributed by atoms with Gasteiger partial charge in [-0.15, -0.1) is 0 Å². The van der Waals surface area contributed by atoms with Crippen LogP contribution in [0.1, 0.15) is 0 Å². The zero-order chi connectivity index (χ0) is 17.3. The van der Waals surface area contributed by atoms with E-state index in [0.29, 0.717) is 5.56 Å². The Morgan fingerprint density at radius 1 is 0.833 bits per heavy atom. The zero-order valence-electron chi connectivity index (χ0n) is 12.4. The molecule has 6 heteroatoms. The number of hydrogen-bond donors (Lipinski definition) is 1. The minimum absolute atomic E-state index is 0.0428. The van der Waals surface area contributed by atoms with E-state index < -0.39 is 15.8 Å². The smallest absolute Gasteiger partial charge is 0.225 e. The van der Waals surface area contributed by atoms with E-state index in [0.717, 1.165) is 16.7 Å². The lowest BCUT2D eigenvalue weighted by atomic mass is 9.95. The van der Waals surface area contributed by atoms with E-state index >= 15 is 0 Å². The third-order valence-electron chi connectivity index (χ3n) is 3.65. The van der Waals surface area contributed by atoms with Gasteiger partial charge in [-0.3, -0.25) is 0 Å². The monoisotopic (exact) mass is 361 g/mol. The van der Waals surface area contributed by atoms with Crippen molar-refractivity contribution < 1.29 is 12.8 Å². The van der Waals surface area contributed by atoms with Gasteiger partial charge in [-0.25, -0.2) is 17.9 Å². The van der Waals surface area contributed by atoms with Crippen LogP contribution in [0.15, 0.2) is 71.6 Å². The molecule has 0 fully saturated rings. The summed E-state index contributed by atoms with van der Waals surface area (Å²) in [6.07, 6.45) is 0. The highest BCUT2D eigenvalue weighted by Gasteiger charge is 2.11. The van der Waals surface area contributed by atoms with Crippen LogP contribution in [0, 0.1) is 5.82 Å². The van der Waals surface area contributed by atoms with Crippen molar-refractivity contribution >= 4 is 21.6 Å². The second-order valence-electron chi connectivity index (χ2n) is 5.24. The maximum atomic E-state index is 13.8. The summed E-state index contributed by atoms with van der Waals surface area (Å²) < 4.78 is 36.5. The molecular weight excluding hydrogens is 349 g/mol. The molecule has 0 aliphatic rings. The number of sulfonamides is 1. The molecule has 2 N–H and O–H groups in total. The largest absolute Gasteiger partial charge is 0.238 e. The number of nitrogens with two attached hydrogens (primary N) is 1. The SMILES string of the molecule is NS(=O)(=O)c1ccc(-c2ccccc2-c2ccc(Cl)c(F)c2)cc1. The quantitative estimate of drug-likeness (QED) is 0.748. The van der Waals surface area contributed by atoms with Crippen molar-refractivity contribution in [3.8, 4) is 22.3 Å². The van der Waals surface area contributed by atoms with E-state index in [1.807, 2.05) is 24.3 Å². The van der Waals surface area contributed by atoms with Gasteiger partial charge in [0.15, 0.2) is 0 Å². The van der Waals surface area contributed by atoms with E-state index in [1.165, 1.54) is 24.3 Å². The van der Waals surface area contributed by atoms with Crippen LogP contribution in [0.3, 0.4) is 0 Å². The molecule has 0 aromatic heterocycles. The Kier molecular flexibility index (Phi) is 4.41. The molecule has 0 bridgehead atoms. The number of benzene rings is 3. The molecule has 0 aliphatic heterocycles. The fourth-order valence-electron chi connectivity index (χ4n) is 2.47. The molecule has 0 atom stereocenters. The highest BCUT2D eigenvalue weighted by molar-refractivity contribution is 7.89. The Morgan fingerprint density at radius 2 is 1.38 bits per heavy atom. The Labute approximate surface area is 144 Å². The average molecular weight is 362 g/mol. The molecule has 0 amide bonds. The molecular formula is C18H13ClFNO2S. The van der Waals surface area contributed by atoms with Crippen molar-refractivity contribution in [1.29, 1.82) is 0 Å². The van der Waals surface area contributed by atoms with Crippen LogP contribution >= 0.6 is 11.6 Å². The fraction of sp³-hybridized carbons (Fsp3) is 0. The standard InChI is InChI=1S/C18H13ClFNO2S/c19-17-10-7-13(11-18(17)20)16-4-2-1-3-15(16)12-5-8-14(9-6-12)24(21,22)23/h1-11H,(H2,21,22,23). The van der Waals surface area contributed by atoms with E-state index in [4.69, 9.17) is 16.7 Å². The molecule has 0 aliphatic carbocycles. The molecule has 3 aromatic rings. The first-order chi connectivity index (χ1) is 11.4. The van der Waals surface area contributed by atoms with Gasteiger partial charge in [0, 0.05) is 0 Å². The van der Waals surface area contributed by atoms with Crippen molar-refractivity contribution in [2.45, 2.75) is 4.90 Å². The summed E-state index contributed by atoms with van der Waals surface area (Å²) in [6.45, 7) is 0. The van der Waals surface area contributed by atoms with E-state index in [2.05, 4.69) is 0 Å². The van der Waals surface area contributed by atoms with Gasteiger partial charge in [0.25, 0.3) is 0 Å². The van der Waals surface area contributed by atoms with Gasteiger partial charge in [0.1, 0.15) is 5.82 Å². The van der Waals surface area contributed by atoms with Crippen molar-refractivity contribution in [3.05, 3.63) is 77.6 Å². The summed E-state index contributed by atoms with van der Waals surface area (Å²) in [5.41, 5.74) is 3.15. The summed E-state index contributed by atoms with van der Waals surface area (Å²) in [4.78, 5) is 0.0428. The van der Waals surface area contributed by atoms with Crippen molar-refractivity contribution in [3.63, 3.8) is 0 Å². The Bertz CT molecular complexity index is 1000. The number of rotatable bonds is 3. The second-order valence-corrected chi connectivity index (χ2v) is 7.21. The molecule has 0 radical (unpaired) electrons. The summed E-state index contributed by atoms with van der Waals surface area (Å²) in [7, 11) is -3.74. The van der Waals surface area contributed by atoms with Crippen LogP contribution in [0.2, 0.25) is 5.02 Å². The first-order valence-electron chi connectivity index (χ1n) is 7.04. The van der Waals surface area contributed by atoms with Crippen molar-refractivity contribution in [1.82, 2.24) is 0 Å². The van der Waals surface area contributed by atoms with E-state index in [-0.39, 0.29) is 9.92 Å². The lowest BCUT2D eigenvalue weighted by Crippen LogP contribution is -2.11. The van der Waals surface area contributed by atoms with Crippen LogP contribution in [0.25, 0.3) is 22.3 Å². The minimum atomic E-state index is -3.74. The van der Waals surface area contributed by atoms with Gasteiger partial charge in [0.05, 0.1) is 9.92 Å². The van der Waals surface area contributed by atoms with Gasteiger partial charge in [0.2, 0.25) is 10.0 Å². The minimum Gasteiger partial charge on any atom is -0.225 e. The van der Waals surface area contributed by atoms with Gasteiger partial charge in [-0.1, -0.05) is 54.1 Å². The van der Waals surface area contributed by atoms with Gasteiger partial charge >= 0.3 is 0 Å². The summed E-state index contributed by atoms with van der Waals surface area (Å²) >= 11 is 5.74. The third kappa shape index (κ3) is 3.33. The predicted molar refractivity (Wildman–Crippen MR) is 93.7 cm³/mol. The molecule has 122 valence electrons. The van der Waals surface area contributed by atoms with Crippen LogP contribution < -0.4 is 5.14 Å². The van der Waals surface area contributed by atoms with Crippen LogP contribution in [-0.2, 0) is 10.0 Å². The summed E-state index contributed by atoms with van der Waals surface area (Å²) in [5.74, 6) is -0.492. The molecule has 0 unspecified atom stereocenters. The number of halogens is 2. The van der Waals surface area contributed by atoms with E-state index in [1.54, 1.807) is 18.2 Å². The predicted octanol–water partition coefficient (Wildman–Crippen LogP) is 4.46. The molecule has 24 heavy (non-hydrogen) atoms. The average Bonchev–Trinajstić information content (AvgIpc) is 2.57. The summed E-state index contributed by atoms with van der Waals surface area (Å²) in [5, 5.41) is 5.18. The zero-order valence-corrected chi connectivity index (χ0v) is 14.0. The molecule has 3 rings (SSSR count). The van der Waals surface area contributed by atoms with Crippen LogP contribution in [0.4, 0.5) is 4.39 Å². The maximum absolute atomic E-state index is 13.8. The second kappa shape index (κ2) is 6.36. The highest BCUT2D eigenvalue weighted by Crippen LogP contribution is 2.33. The van der Waals surface area contributed by atoms with Crippen LogP contribution in [0.5, 0.6) is 0 Å². The van der Waals surface area contributed by atoms with Crippen LogP contribution in [-0.4, -0.2) is 8.42 Å².